The molecule has 0 bridgehead atoms. The topological polar surface area (TPSA) is 156 Å². The highest BCUT2D eigenvalue weighted by Gasteiger charge is 2.28. The molecule has 12 nitrogen and oxygen atoms in total. The summed E-state index contributed by atoms with van der Waals surface area (Å²) >= 11 is 5.35. The highest BCUT2D eigenvalue weighted by molar-refractivity contribution is 7.89. The van der Waals surface area contributed by atoms with Gasteiger partial charge in [0.25, 0.3) is 0 Å². The Hall–Kier alpha value is -3.17. The van der Waals surface area contributed by atoms with Gasteiger partial charge in [0.15, 0.2) is 16.6 Å². The van der Waals surface area contributed by atoms with Crippen LogP contribution >= 0.6 is 12.2 Å². The lowest BCUT2D eigenvalue weighted by atomic mass is 10.2. The maximum absolute atomic E-state index is 13.2. The summed E-state index contributed by atoms with van der Waals surface area (Å²) in [7, 11) is -3.73. The van der Waals surface area contributed by atoms with Crippen molar-refractivity contribution in [2.45, 2.75) is 4.90 Å². The van der Waals surface area contributed by atoms with E-state index in [0.29, 0.717) is 45.2 Å². The normalized spacial score (nSPS) is 17.3. The minimum atomic E-state index is -3.73. The minimum absolute atomic E-state index is 0.0733. The molecule has 36 heavy (non-hydrogen) atoms. The number of ether oxygens (including phenoxy) is 2. The first kappa shape index (κ1) is 25.9. The van der Waals surface area contributed by atoms with Crippen molar-refractivity contribution in [3.8, 4) is 17.2 Å². The Morgan fingerprint density at radius 1 is 0.972 bits per heavy atom. The third-order valence-corrected chi connectivity index (χ3v) is 7.79. The van der Waals surface area contributed by atoms with Crippen LogP contribution in [-0.4, -0.2) is 92.0 Å². The van der Waals surface area contributed by atoms with Crippen LogP contribution in [0.4, 0.5) is 11.4 Å². The first-order valence-corrected chi connectivity index (χ1v) is 13.0. The van der Waals surface area contributed by atoms with Crippen molar-refractivity contribution < 1.29 is 33.2 Å². The molecule has 4 rings (SSSR count). The molecule has 2 heterocycles. The summed E-state index contributed by atoms with van der Waals surface area (Å²) in [5, 5.41) is 36.0. The maximum Gasteiger partial charge on any atom is 0.243 e. The molecule has 0 aromatic heterocycles. The second kappa shape index (κ2) is 11.3. The van der Waals surface area contributed by atoms with Crippen LogP contribution in [0.2, 0.25) is 0 Å². The van der Waals surface area contributed by atoms with Crippen molar-refractivity contribution in [2.24, 2.45) is 5.10 Å². The Labute approximate surface area is 213 Å². The van der Waals surface area contributed by atoms with Crippen molar-refractivity contribution >= 4 is 44.9 Å². The summed E-state index contributed by atoms with van der Waals surface area (Å²) < 4.78 is 38.5. The molecule has 2 aliphatic rings. The van der Waals surface area contributed by atoms with Gasteiger partial charge < -0.3 is 35.0 Å². The zero-order valence-corrected chi connectivity index (χ0v) is 20.9. The molecule has 2 aromatic carbocycles. The molecule has 0 amide bonds. The Morgan fingerprint density at radius 2 is 1.64 bits per heavy atom. The van der Waals surface area contributed by atoms with Gasteiger partial charge in [0, 0.05) is 31.7 Å². The maximum atomic E-state index is 13.2. The van der Waals surface area contributed by atoms with Gasteiger partial charge in [-0.1, -0.05) is 0 Å². The van der Waals surface area contributed by atoms with E-state index in [0.717, 1.165) is 5.69 Å². The van der Waals surface area contributed by atoms with E-state index in [1.807, 2.05) is 0 Å². The number of anilines is 2. The SMILES string of the molecule is O=S(=O)(c1ccc(N2CCOCC2)c(NC(=S)N/N=C\c2ccc(O)c(O)c2O)c1)N1CCOCC1. The summed E-state index contributed by atoms with van der Waals surface area (Å²) in [6.45, 7) is 3.60. The average molecular weight is 538 g/mol. The molecule has 2 aliphatic heterocycles. The number of hydrogen-bond acceptors (Lipinski definition) is 10. The molecule has 2 saturated heterocycles. The van der Waals surface area contributed by atoms with E-state index in [4.69, 9.17) is 21.7 Å². The second-order valence-electron chi connectivity index (χ2n) is 7.99. The van der Waals surface area contributed by atoms with Gasteiger partial charge in [0.2, 0.25) is 15.8 Å². The van der Waals surface area contributed by atoms with Crippen LogP contribution in [0.3, 0.4) is 0 Å². The van der Waals surface area contributed by atoms with Crippen LogP contribution < -0.4 is 15.6 Å². The minimum Gasteiger partial charge on any atom is -0.504 e. The number of rotatable bonds is 6. The van der Waals surface area contributed by atoms with Crippen molar-refractivity contribution in [2.75, 3.05) is 62.8 Å². The van der Waals surface area contributed by atoms with Gasteiger partial charge in [-0.25, -0.2) is 8.42 Å². The first-order valence-electron chi connectivity index (χ1n) is 11.2. The quantitative estimate of drug-likeness (QED) is 0.155. The fraction of sp³-hybridized carbons (Fsp3) is 0.364. The molecule has 0 atom stereocenters. The molecule has 14 heteroatoms. The fourth-order valence-corrected chi connectivity index (χ4v) is 5.39. The number of nitrogens with zero attached hydrogens (tertiary/aromatic N) is 3. The van der Waals surface area contributed by atoms with Gasteiger partial charge in [-0.05, 0) is 42.5 Å². The zero-order valence-electron chi connectivity index (χ0n) is 19.3. The molecule has 0 saturated carbocycles. The monoisotopic (exact) mass is 537 g/mol. The Kier molecular flexibility index (Phi) is 8.11. The van der Waals surface area contributed by atoms with Crippen molar-refractivity contribution in [1.82, 2.24) is 9.73 Å². The number of thiocarbonyl (C=S) groups is 1. The highest BCUT2D eigenvalue weighted by Crippen LogP contribution is 2.36. The zero-order chi connectivity index (χ0) is 25.7. The van der Waals surface area contributed by atoms with Crippen LogP contribution in [0.25, 0.3) is 0 Å². The molecular weight excluding hydrogens is 510 g/mol. The predicted molar refractivity (Wildman–Crippen MR) is 137 cm³/mol. The van der Waals surface area contributed by atoms with Gasteiger partial charge in [0.1, 0.15) is 0 Å². The molecule has 0 aliphatic carbocycles. The second-order valence-corrected chi connectivity index (χ2v) is 10.3. The number of phenolic OH excluding ortho intramolecular Hbond substituents is 3. The summed E-state index contributed by atoms with van der Waals surface area (Å²) in [4.78, 5) is 2.19. The Morgan fingerprint density at radius 3 is 2.33 bits per heavy atom. The van der Waals surface area contributed by atoms with Gasteiger partial charge >= 0.3 is 0 Å². The van der Waals surface area contributed by atoms with E-state index in [9.17, 15) is 23.7 Å². The van der Waals surface area contributed by atoms with E-state index in [-0.39, 0.29) is 28.7 Å². The van der Waals surface area contributed by atoms with E-state index in [1.165, 1.54) is 28.7 Å². The van der Waals surface area contributed by atoms with Crippen molar-refractivity contribution in [3.05, 3.63) is 35.9 Å². The fourth-order valence-electron chi connectivity index (χ4n) is 3.79. The van der Waals surface area contributed by atoms with Crippen LogP contribution in [0, 0.1) is 0 Å². The van der Waals surface area contributed by atoms with Crippen molar-refractivity contribution in [1.29, 1.82) is 0 Å². The summed E-state index contributed by atoms with van der Waals surface area (Å²) in [5.74, 6) is -1.65. The number of nitrogens with one attached hydrogen (secondary N) is 2. The first-order chi connectivity index (χ1) is 17.3. The molecule has 2 fully saturated rings. The molecule has 5 N–H and O–H groups in total. The van der Waals surface area contributed by atoms with Crippen LogP contribution in [0.15, 0.2) is 40.3 Å². The standard InChI is InChI=1S/C22H27N5O7S2/c28-19-4-1-15(20(29)21(19)30)14-23-25-22(35)24-17-13-16(36(31,32)27-7-11-34-12-8-27)2-3-18(17)26-5-9-33-10-6-26/h1-4,13-14,28-30H,5-12H2,(H2,24,25,35)/b23-14-. The number of morpholine rings is 2. The Bertz CT molecular complexity index is 1240. The largest absolute Gasteiger partial charge is 0.504 e. The summed E-state index contributed by atoms with van der Waals surface area (Å²) in [6, 6.07) is 7.43. The molecule has 0 spiro atoms. The van der Waals surface area contributed by atoms with Crippen LogP contribution in [0.1, 0.15) is 5.56 Å². The van der Waals surface area contributed by atoms with Gasteiger partial charge in [-0.15, -0.1) is 0 Å². The van der Waals surface area contributed by atoms with E-state index in [2.05, 4.69) is 20.7 Å². The third kappa shape index (κ3) is 5.79. The number of phenols is 3. The van der Waals surface area contributed by atoms with Crippen molar-refractivity contribution in [3.63, 3.8) is 0 Å². The lowest BCUT2D eigenvalue weighted by Gasteiger charge is -2.31. The number of hydrazone groups is 1. The molecule has 194 valence electrons. The third-order valence-electron chi connectivity index (χ3n) is 5.71. The average Bonchev–Trinajstić information content (AvgIpc) is 2.89. The van der Waals surface area contributed by atoms with Gasteiger partial charge in [-0.2, -0.15) is 9.41 Å². The van der Waals surface area contributed by atoms with Gasteiger partial charge in [-0.3, -0.25) is 5.43 Å². The van der Waals surface area contributed by atoms with E-state index in [1.54, 1.807) is 12.1 Å². The molecule has 0 radical (unpaired) electrons. The summed E-state index contributed by atoms with van der Waals surface area (Å²) in [5.41, 5.74) is 3.99. The van der Waals surface area contributed by atoms with Crippen LogP contribution in [-0.2, 0) is 19.5 Å². The lowest BCUT2D eigenvalue weighted by Crippen LogP contribution is -2.40. The molecular formula is C22H27N5O7S2. The van der Waals surface area contributed by atoms with E-state index >= 15 is 0 Å². The predicted octanol–water partition coefficient (Wildman–Crippen LogP) is 0.981. The number of benzene rings is 2. The highest BCUT2D eigenvalue weighted by atomic mass is 32.2. The number of hydrogen-bond donors (Lipinski definition) is 5. The van der Waals surface area contributed by atoms with Gasteiger partial charge in [0.05, 0.1) is 48.9 Å². The molecule has 0 unspecified atom stereocenters. The summed E-state index contributed by atoms with van der Waals surface area (Å²) in [6.07, 6.45) is 1.21. The Balaban J connectivity index is 1.55. The van der Waals surface area contributed by atoms with E-state index < -0.39 is 27.3 Å². The lowest BCUT2D eigenvalue weighted by molar-refractivity contribution is 0.0730. The smallest absolute Gasteiger partial charge is 0.243 e. The number of sulfonamides is 1. The molecule has 2 aromatic rings. The van der Waals surface area contributed by atoms with Crippen LogP contribution in [0.5, 0.6) is 17.2 Å². The number of aromatic hydroxyl groups is 3.